The van der Waals surface area contributed by atoms with E-state index in [4.69, 9.17) is 39.5 Å². The number of rotatable bonds is 4. The number of carbonyl (C=O) groups excluding carboxylic acids is 1. The van der Waals surface area contributed by atoms with Crippen LogP contribution in [-0.2, 0) is 0 Å². The minimum Gasteiger partial charge on any atom is -0.462 e. The lowest BCUT2D eigenvalue weighted by Gasteiger charge is -2.04. The van der Waals surface area contributed by atoms with E-state index in [2.05, 4.69) is 4.98 Å². The second-order valence-electron chi connectivity index (χ2n) is 4.40. The van der Waals surface area contributed by atoms with Crippen molar-refractivity contribution in [2.24, 2.45) is 0 Å². The lowest BCUT2D eigenvalue weighted by molar-refractivity contribution is 0.0921. The molecule has 112 valence electrons. The van der Waals surface area contributed by atoms with E-state index in [1.807, 2.05) is 12.1 Å². The number of halogens is 3. The molecule has 1 aromatic heterocycles. The maximum Gasteiger partial charge on any atom is 0.274 e. The van der Waals surface area contributed by atoms with Gasteiger partial charge in [-0.3, -0.25) is 4.79 Å². The van der Waals surface area contributed by atoms with Crippen LogP contribution in [0.4, 0.5) is 0 Å². The lowest BCUT2D eigenvalue weighted by atomic mass is 10.1. The number of aromatic nitrogens is 1. The van der Waals surface area contributed by atoms with Gasteiger partial charge < -0.3 is 4.74 Å². The van der Waals surface area contributed by atoms with Gasteiger partial charge in [0.15, 0.2) is 6.61 Å². The zero-order chi connectivity index (χ0) is 15.7. The molecule has 0 atom stereocenters. The number of fused-ring (bicyclic) bond motifs is 1. The highest BCUT2D eigenvalue weighted by atomic mass is 35.5. The maximum atomic E-state index is 12.1. The molecule has 0 bridgehead atoms. The summed E-state index contributed by atoms with van der Waals surface area (Å²) in [7, 11) is 0. The van der Waals surface area contributed by atoms with Gasteiger partial charge >= 0.3 is 0 Å². The van der Waals surface area contributed by atoms with Crippen molar-refractivity contribution in [3.05, 3.63) is 57.0 Å². The van der Waals surface area contributed by atoms with E-state index in [0.29, 0.717) is 31.3 Å². The maximum absolute atomic E-state index is 12.1. The van der Waals surface area contributed by atoms with Crippen LogP contribution >= 0.6 is 46.1 Å². The molecule has 22 heavy (non-hydrogen) atoms. The third-order valence-corrected chi connectivity index (χ3v) is 4.69. The van der Waals surface area contributed by atoms with Crippen molar-refractivity contribution in [1.29, 1.82) is 0 Å². The molecule has 0 amide bonds. The summed E-state index contributed by atoms with van der Waals surface area (Å²) in [5.74, 6) is -0.244. The van der Waals surface area contributed by atoms with Crippen molar-refractivity contribution in [3.8, 4) is 5.19 Å². The quantitative estimate of drug-likeness (QED) is 0.566. The Morgan fingerprint density at radius 2 is 1.95 bits per heavy atom. The van der Waals surface area contributed by atoms with Crippen LogP contribution < -0.4 is 4.74 Å². The zero-order valence-corrected chi connectivity index (χ0v) is 14.1. The zero-order valence-electron chi connectivity index (χ0n) is 11.0. The van der Waals surface area contributed by atoms with Crippen LogP contribution in [0.1, 0.15) is 10.4 Å². The van der Waals surface area contributed by atoms with Gasteiger partial charge in [-0.25, -0.2) is 4.98 Å². The SMILES string of the molecule is O=C(COc1nc2c(Cl)cccc2s1)c1ccc(Cl)cc1Cl. The van der Waals surface area contributed by atoms with Gasteiger partial charge in [-0.2, -0.15) is 0 Å². The van der Waals surface area contributed by atoms with Gasteiger partial charge in [-0.15, -0.1) is 0 Å². The Balaban J connectivity index is 1.76. The first kappa shape index (κ1) is 15.6. The summed E-state index contributed by atoms with van der Waals surface area (Å²) in [5, 5.41) is 1.72. The Morgan fingerprint density at radius 3 is 2.68 bits per heavy atom. The van der Waals surface area contributed by atoms with E-state index in [0.717, 1.165) is 4.70 Å². The number of para-hydroxylation sites is 1. The smallest absolute Gasteiger partial charge is 0.274 e. The largest absolute Gasteiger partial charge is 0.462 e. The average molecular weight is 373 g/mol. The molecule has 0 aliphatic heterocycles. The third-order valence-electron chi connectivity index (χ3n) is 2.91. The first-order chi connectivity index (χ1) is 10.5. The van der Waals surface area contributed by atoms with Crippen LogP contribution in [0, 0.1) is 0 Å². The van der Waals surface area contributed by atoms with Crippen LogP contribution in [0.2, 0.25) is 15.1 Å². The molecule has 0 aliphatic rings. The van der Waals surface area contributed by atoms with Crippen molar-refractivity contribution in [2.75, 3.05) is 6.61 Å². The summed E-state index contributed by atoms with van der Waals surface area (Å²) in [6, 6.07) is 10.2. The van der Waals surface area contributed by atoms with Crippen LogP contribution in [-0.4, -0.2) is 17.4 Å². The van der Waals surface area contributed by atoms with E-state index < -0.39 is 0 Å². The Kier molecular flexibility index (Phi) is 4.54. The topological polar surface area (TPSA) is 39.2 Å². The second kappa shape index (κ2) is 6.42. The van der Waals surface area contributed by atoms with Crippen molar-refractivity contribution in [2.45, 2.75) is 0 Å². The number of hydrogen-bond donors (Lipinski definition) is 0. The molecular weight excluding hydrogens is 365 g/mol. The number of thiazole rings is 1. The molecule has 0 saturated carbocycles. The molecular formula is C15H8Cl3NO2S. The molecule has 0 fully saturated rings. The molecule has 0 N–H and O–H groups in total. The van der Waals surface area contributed by atoms with E-state index in [1.165, 1.54) is 17.4 Å². The molecule has 3 aromatic rings. The number of nitrogens with zero attached hydrogens (tertiary/aromatic N) is 1. The highest BCUT2D eigenvalue weighted by Crippen LogP contribution is 2.32. The molecule has 3 nitrogen and oxygen atoms in total. The fourth-order valence-electron chi connectivity index (χ4n) is 1.88. The minimum atomic E-state index is -0.244. The number of carbonyl (C=O) groups is 1. The number of ketones is 1. The molecule has 0 unspecified atom stereocenters. The molecule has 2 aromatic carbocycles. The van der Waals surface area contributed by atoms with Gasteiger partial charge in [0.25, 0.3) is 5.19 Å². The summed E-state index contributed by atoms with van der Waals surface area (Å²) in [6.07, 6.45) is 0. The van der Waals surface area contributed by atoms with Crippen LogP contribution in [0.3, 0.4) is 0 Å². The molecule has 0 aliphatic carbocycles. The minimum absolute atomic E-state index is 0.154. The lowest BCUT2D eigenvalue weighted by Crippen LogP contribution is -2.11. The number of benzene rings is 2. The van der Waals surface area contributed by atoms with Crippen LogP contribution in [0.15, 0.2) is 36.4 Å². The molecule has 0 radical (unpaired) electrons. The third kappa shape index (κ3) is 3.20. The summed E-state index contributed by atoms with van der Waals surface area (Å²) < 4.78 is 6.36. The van der Waals surface area contributed by atoms with E-state index >= 15 is 0 Å². The molecule has 1 heterocycles. The summed E-state index contributed by atoms with van der Waals surface area (Å²) in [5.41, 5.74) is 1.03. The monoisotopic (exact) mass is 371 g/mol. The van der Waals surface area contributed by atoms with Crippen molar-refractivity contribution in [3.63, 3.8) is 0 Å². The summed E-state index contributed by atoms with van der Waals surface area (Å²) in [4.78, 5) is 16.4. The molecule has 3 rings (SSSR count). The van der Waals surface area contributed by atoms with Crippen LogP contribution in [0.5, 0.6) is 5.19 Å². The molecule has 0 saturated heterocycles. The highest BCUT2D eigenvalue weighted by Gasteiger charge is 2.14. The average Bonchev–Trinajstić information content (AvgIpc) is 2.89. The van der Waals surface area contributed by atoms with Crippen LogP contribution in [0.25, 0.3) is 10.2 Å². The van der Waals surface area contributed by atoms with Crippen molar-refractivity contribution >= 4 is 62.1 Å². The Hall–Kier alpha value is -1.33. The molecule has 7 heteroatoms. The van der Waals surface area contributed by atoms with E-state index in [9.17, 15) is 4.79 Å². The van der Waals surface area contributed by atoms with Gasteiger partial charge in [-0.05, 0) is 30.3 Å². The standard InChI is InChI=1S/C15H8Cl3NO2S/c16-8-4-5-9(11(18)6-8)12(20)7-21-15-19-14-10(17)2-1-3-13(14)22-15/h1-6H,7H2. The summed E-state index contributed by atoms with van der Waals surface area (Å²) in [6.45, 7) is -0.154. The Morgan fingerprint density at radius 1 is 1.14 bits per heavy atom. The normalized spacial score (nSPS) is 10.9. The Bertz CT molecular complexity index is 863. The number of hydrogen-bond acceptors (Lipinski definition) is 4. The number of Topliss-reactive ketones (excluding diaryl/α,β-unsaturated/α-hetero) is 1. The fraction of sp³-hybridized carbons (Fsp3) is 0.0667. The summed E-state index contributed by atoms with van der Waals surface area (Å²) >= 11 is 19.2. The van der Waals surface area contributed by atoms with Gasteiger partial charge in [0.1, 0.15) is 5.52 Å². The van der Waals surface area contributed by atoms with Crippen molar-refractivity contribution < 1.29 is 9.53 Å². The van der Waals surface area contributed by atoms with Gasteiger partial charge in [0.05, 0.1) is 14.7 Å². The van der Waals surface area contributed by atoms with E-state index in [1.54, 1.807) is 18.2 Å². The second-order valence-corrected chi connectivity index (χ2v) is 6.65. The first-order valence-electron chi connectivity index (χ1n) is 6.20. The van der Waals surface area contributed by atoms with Crippen molar-refractivity contribution in [1.82, 2.24) is 4.98 Å². The van der Waals surface area contributed by atoms with Gasteiger partial charge in [0, 0.05) is 10.6 Å². The van der Waals surface area contributed by atoms with Gasteiger partial charge in [0.2, 0.25) is 5.78 Å². The molecule has 0 spiro atoms. The predicted molar refractivity (Wildman–Crippen MR) is 90.9 cm³/mol. The first-order valence-corrected chi connectivity index (χ1v) is 8.16. The fourth-order valence-corrected chi connectivity index (χ4v) is 3.51. The predicted octanol–water partition coefficient (Wildman–Crippen LogP) is 5.52. The van der Waals surface area contributed by atoms with Gasteiger partial charge in [-0.1, -0.05) is 52.2 Å². The van der Waals surface area contributed by atoms with E-state index in [-0.39, 0.29) is 12.4 Å². The highest BCUT2D eigenvalue weighted by molar-refractivity contribution is 7.20. The Labute approximate surface area is 145 Å². The number of ether oxygens (including phenoxy) is 1.